The molecular formula is C23H44N2O. The van der Waals surface area contributed by atoms with Crippen molar-refractivity contribution in [1.29, 1.82) is 0 Å². The summed E-state index contributed by atoms with van der Waals surface area (Å²) < 4.78 is 0. The van der Waals surface area contributed by atoms with Crippen molar-refractivity contribution in [3.05, 3.63) is 0 Å². The van der Waals surface area contributed by atoms with Crippen molar-refractivity contribution in [2.75, 3.05) is 13.1 Å². The lowest BCUT2D eigenvalue weighted by atomic mass is 9.90. The van der Waals surface area contributed by atoms with E-state index in [2.05, 4.69) is 23.6 Å². The third-order valence-electron chi connectivity index (χ3n) is 6.49. The number of rotatable bonds is 14. The van der Waals surface area contributed by atoms with E-state index in [4.69, 9.17) is 0 Å². The Hall–Kier alpha value is -0.730. The fourth-order valence-electron chi connectivity index (χ4n) is 4.92. The summed E-state index contributed by atoms with van der Waals surface area (Å²) >= 11 is 0. The van der Waals surface area contributed by atoms with E-state index in [9.17, 15) is 4.79 Å². The molecule has 0 aromatic heterocycles. The van der Waals surface area contributed by atoms with Crippen LogP contribution in [-0.2, 0) is 0 Å². The second-order valence-electron chi connectivity index (χ2n) is 8.62. The van der Waals surface area contributed by atoms with Crippen LogP contribution >= 0.6 is 0 Å². The molecule has 0 radical (unpaired) electrons. The molecule has 3 nitrogen and oxygen atoms in total. The molecule has 0 bridgehead atoms. The molecular weight excluding hydrogens is 320 g/mol. The minimum absolute atomic E-state index is 0.365. The van der Waals surface area contributed by atoms with Crippen LogP contribution in [-0.4, -0.2) is 41.0 Å². The van der Waals surface area contributed by atoms with Crippen LogP contribution in [0.5, 0.6) is 0 Å². The number of fused-ring (bicyclic) bond motifs is 1. The molecule has 2 fully saturated rings. The van der Waals surface area contributed by atoms with Crippen LogP contribution < -0.4 is 0 Å². The molecule has 2 amide bonds. The zero-order valence-electron chi connectivity index (χ0n) is 17.7. The summed E-state index contributed by atoms with van der Waals surface area (Å²) in [6.45, 7) is 6.53. The summed E-state index contributed by atoms with van der Waals surface area (Å²) in [6, 6.07) is 1.41. The first-order valence-corrected chi connectivity index (χ1v) is 11.9. The molecule has 152 valence electrons. The molecule has 26 heavy (non-hydrogen) atoms. The number of urea groups is 1. The van der Waals surface area contributed by atoms with Crippen LogP contribution in [0.1, 0.15) is 117 Å². The molecule has 1 saturated carbocycles. The van der Waals surface area contributed by atoms with Gasteiger partial charge in [0.2, 0.25) is 0 Å². The van der Waals surface area contributed by atoms with Crippen LogP contribution in [0.15, 0.2) is 0 Å². The van der Waals surface area contributed by atoms with E-state index in [0.717, 1.165) is 13.1 Å². The van der Waals surface area contributed by atoms with Gasteiger partial charge in [-0.3, -0.25) is 0 Å². The molecule has 0 aromatic rings. The van der Waals surface area contributed by atoms with Crippen molar-refractivity contribution >= 4 is 6.03 Å². The standard InChI is InChI=1S/C23H44N2O/c1-3-5-7-9-11-15-19-24-21-17-13-14-18-22(21)25(23(24)26)20-16-12-10-8-6-4-2/h21-22H,3-20H2,1-2H3. The number of carbonyl (C=O) groups is 1. The van der Waals surface area contributed by atoms with Gasteiger partial charge in [0.1, 0.15) is 0 Å². The Morgan fingerprint density at radius 2 is 1.04 bits per heavy atom. The van der Waals surface area contributed by atoms with Gasteiger partial charge < -0.3 is 9.80 Å². The van der Waals surface area contributed by atoms with Crippen LogP contribution in [0.4, 0.5) is 4.79 Å². The number of hydrogen-bond donors (Lipinski definition) is 0. The van der Waals surface area contributed by atoms with Crippen LogP contribution in [0.25, 0.3) is 0 Å². The highest BCUT2D eigenvalue weighted by atomic mass is 16.2. The zero-order chi connectivity index (χ0) is 18.6. The normalized spacial score (nSPS) is 22.9. The first-order valence-electron chi connectivity index (χ1n) is 11.9. The second-order valence-corrected chi connectivity index (χ2v) is 8.62. The highest BCUT2D eigenvalue weighted by Crippen LogP contribution is 2.34. The molecule has 3 heteroatoms. The third-order valence-corrected chi connectivity index (χ3v) is 6.49. The average molecular weight is 365 g/mol. The van der Waals surface area contributed by atoms with Crippen LogP contribution in [0.3, 0.4) is 0 Å². The molecule has 2 aliphatic rings. The van der Waals surface area contributed by atoms with Gasteiger partial charge in [-0.1, -0.05) is 90.9 Å². The maximum Gasteiger partial charge on any atom is 0.320 e. The Morgan fingerprint density at radius 3 is 1.46 bits per heavy atom. The fourth-order valence-corrected chi connectivity index (χ4v) is 4.92. The average Bonchev–Trinajstić information content (AvgIpc) is 2.93. The summed E-state index contributed by atoms with van der Waals surface area (Å²) in [7, 11) is 0. The maximum absolute atomic E-state index is 13.1. The summed E-state index contributed by atoms with van der Waals surface area (Å²) in [5.74, 6) is 0. The van der Waals surface area contributed by atoms with E-state index in [-0.39, 0.29) is 0 Å². The maximum atomic E-state index is 13.1. The predicted molar refractivity (Wildman–Crippen MR) is 112 cm³/mol. The number of unbranched alkanes of at least 4 members (excludes halogenated alkanes) is 10. The summed E-state index contributed by atoms with van der Waals surface area (Å²) in [5.41, 5.74) is 0. The highest BCUT2D eigenvalue weighted by molar-refractivity contribution is 5.78. The van der Waals surface area contributed by atoms with Gasteiger partial charge in [-0.2, -0.15) is 0 Å². The summed E-state index contributed by atoms with van der Waals surface area (Å²) in [4.78, 5) is 17.6. The Kier molecular flexibility index (Phi) is 10.5. The predicted octanol–water partition coefficient (Wildman–Crippen LogP) is 6.76. The van der Waals surface area contributed by atoms with Gasteiger partial charge in [-0.25, -0.2) is 4.79 Å². The van der Waals surface area contributed by atoms with E-state index in [0.29, 0.717) is 18.1 Å². The lowest BCUT2D eigenvalue weighted by Crippen LogP contribution is -2.40. The number of nitrogens with zero attached hydrogens (tertiary/aromatic N) is 2. The molecule has 1 saturated heterocycles. The monoisotopic (exact) mass is 364 g/mol. The quantitative estimate of drug-likeness (QED) is 0.312. The number of carbonyl (C=O) groups excluding carboxylic acids is 1. The van der Waals surface area contributed by atoms with Gasteiger partial charge in [-0.05, 0) is 25.7 Å². The van der Waals surface area contributed by atoms with Crippen molar-refractivity contribution in [2.45, 2.75) is 129 Å². The molecule has 2 atom stereocenters. The largest absolute Gasteiger partial charge is 0.320 e. The Bertz CT molecular complexity index is 350. The zero-order valence-corrected chi connectivity index (χ0v) is 17.7. The van der Waals surface area contributed by atoms with Crippen molar-refractivity contribution in [2.24, 2.45) is 0 Å². The van der Waals surface area contributed by atoms with E-state index < -0.39 is 0 Å². The fraction of sp³-hybridized carbons (Fsp3) is 0.957. The molecule has 0 N–H and O–H groups in total. The van der Waals surface area contributed by atoms with Crippen LogP contribution in [0.2, 0.25) is 0 Å². The van der Waals surface area contributed by atoms with E-state index in [1.54, 1.807) is 0 Å². The highest BCUT2D eigenvalue weighted by Gasteiger charge is 2.45. The molecule has 0 aromatic carbocycles. The first kappa shape index (κ1) is 21.6. The van der Waals surface area contributed by atoms with Crippen molar-refractivity contribution in [3.8, 4) is 0 Å². The van der Waals surface area contributed by atoms with Gasteiger partial charge in [0, 0.05) is 13.1 Å². The van der Waals surface area contributed by atoms with Gasteiger partial charge in [0.15, 0.2) is 0 Å². The minimum atomic E-state index is 0.365. The van der Waals surface area contributed by atoms with E-state index in [1.807, 2.05) is 0 Å². The van der Waals surface area contributed by atoms with Gasteiger partial charge in [-0.15, -0.1) is 0 Å². The van der Waals surface area contributed by atoms with Crippen LogP contribution in [0, 0.1) is 0 Å². The minimum Gasteiger partial charge on any atom is -0.320 e. The number of hydrogen-bond acceptors (Lipinski definition) is 1. The molecule has 2 rings (SSSR count). The number of amides is 2. The Labute approximate surface area is 162 Å². The smallest absolute Gasteiger partial charge is 0.320 e. The third kappa shape index (κ3) is 6.46. The van der Waals surface area contributed by atoms with Gasteiger partial charge >= 0.3 is 6.03 Å². The Morgan fingerprint density at radius 1 is 0.654 bits per heavy atom. The SMILES string of the molecule is CCCCCCCCN1C(=O)N(CCCCCCCC)C2CCCCC21. The van der Waals surface area contributed by atoms with Crippen molar-refractivity contribution < 1.29 is 4.79 Å². The summed E-state index contributed by atoms with van der Waals surface area (Å²) in [5, 5.41) is 0. The topological polar surface area (TPSA) is 23.6 Å². The lowest BCUT2D eigenvalue weighted by molar-refractivity contribution is 0.183. The Balaban J connectivity index is 1.75. The molecule has 2 unspecified atom stereocenters. The van der Waals surface area contributed by atoms with Gasteiger partial charge in [0.05, 0.1) is 12.1 Å². The summed E-state index contributed by atoms with van der Waals surface area (Å²) in [6.07, 6.45) is 20.8. The second kappa shape index (κ2) is 12.6. The molecule has 1 heterocycles. The first-order chi connectivity index (χ1) is 12.8. The lowest BCUT2D eigenvalue weighted by Gasteiger charge is -2.32. The van der Waals surface area contributed by atoms with E-state index >= 15 is 0 Å². The van der Waals surface area contributed by atoms with Crippen molar-refractivity contribution in [3.63, 3.8) is 0 Å². The molecule has 1 aliphatic heterocycles. The molecule has 0 spiro atoms. The van der Waals surface area contributed by atoms with Gasteiger partial charge in [0.25, 0.3) is 0 Å². The molecule has 1 aliphatic carbocycles. The van der Waals surface area contributed by atoms with Crippen molar-refractivity contribution in [1.82, 2.24) is 9.80 Å². The van der Waals surface area contributed by atoms with E-state index in [1.165, 1.54) is 103 Å².